The molecule has 0 aliphatic heterocycles. The van der Waals surface area contributed by atoms with E-state index < -0.39 is 29.5 Å². The number of esters is 1. The number of hydrogen-bond acceptors (Lipinski definition) is 4. The molecule has 33 heavy (non-hydrogen) atoms. The fourth-order valence-corrected chi connectivity index (χ4v) is 2.95. The van der Waals surface area contributed by atoms with Crippen LogP contribution in [0.15, 0.2) is 72.8 Å². The molecule has 3 rings (SSSR count). The molecule has 0 atom stereocenters. The molecule has 3 aromatic carbocycles. The summed E-state index contributed by atoms with van der Waals surface area (Å²) in [6.07, 6.45) is -4.48. The number of rotatable bonds is 6. The largest absolute Gasteiger partial charge is 0.427 e. The standard InChI is InChI=1S/C24H19F3N2O4/c1-15(30)33-20-7-4-6-17(13-20)23(32)29-21-8-3-2-5-18(21)14-28-22(31)16-9-11-19(12-10-16)24(25,26)27/h2-13H,14H2,1H3,(H,28,31)(H,29,32). The van der Waals surface area contributed by atoms with E-state index in [1.54, 1.807) is 42.5 Å². The van der Waals surface area contributed by atoms with Gasteiger partial charge in [0.15, 0.2) is 0 Å². The second-order valence-electron chi connectivity index (χ2n) is 6.99. The number of amides is 2. The molecule has 2 N–H and O–H groups in total. The van der Waals surface area contributed by atoms with Gasteiger partial charge in [-0.2, -0.15) is 13.2 Å². The average molecular weight is 456 g/mol. The summed E-state index contributed by atoms with van der Waals surface area (Å²) in [6, 6.07) is 16.7. The van der Waals surface area contributed by atoms with E-state index in [1.807, 2.05) is 0 Å². The van der Waals surface area contributed by atoms with Crippen LogP contribution in [0.4, 0.5) is 18.9 Å². The molecule has 0 saturated carbocycles. The van der Waals surface area contributed by atoms with Gasteiger partial charge in [-0.05, 0) is 54.1 Å². The van der Waals surface area contributed by atoms with Crippen LogP contribution in [0.3, 0.4) is 0 Å². The van der Waals surface area contributed by atoms with Gasteiger partial charge in [-0.25, -0.2) is 0 Å². The van der Waals surface area contributed by atoms with E-state index >= 15 is 0 Å². The van der Waals surface area contributed by atoms with Crippen molar-refractivity contribution in [2.75, 3.05) is 5.32 Å². The van der Waals surface area contributed by atoms with Crippen LogP contribution < -0.4 is 15.4 Å². The predicted octanol–water partition coefficient (Wildman–Crippen LogP) is 4.81. The lowest BCUT2D eigenvalue weighted by atomic mass is 10.1. The smallest absolute Gasteiger partial charge is 0.416 e. The van der Waals surface area contributed by atoms with Crippen molar-refractivity contribution in [2.45, 2.75) is 19.6 Å². The zero-order valence-electron chi connectivity index (χ0n) is 17.4. The molecule has 0 aliphatic carbocycles. The molecule has 0 aliphatic rings. The zero-order chi connectivity index (χ0) is 24.0. The van der Waals surface area contributed by atoms with Crippen molar-refractivity contribution in [1.29, 1.82) is 0 Å². The van der Waals surface area contributed by atoms with Crippen LogP contribution in [0, 0.1) is 0 Å². The number of hydrogen-bond donors (Lipinski definition) is 2. The Hall–Kier alpha value is -4.14. The van der Waals surface area contributed by atoms with Gasteiger partial charge < -0.3 is 15.4 Å². The Kier molecular flexibility index (Phi) is 7.12. The van der Waals surface area contributed by atoms with Crippen molar-refractivity contribution >= 4 is 23.5 Å². The van der Waals surface area contributed by atoms with Crippen molar-refractivity contribution in [2.24, 2.45) is 0 Å². The van der Waals surface area contributed by atoms with Crippen molar-refractivity contribution in [3.05, 3.63) is 95.1 Å². The first kappa shape index (κ1) is 23.5. The lowest BCUT2D eigenvalue weighted by molar-refractivity contribution is -0.137. The van der Waals surface area contributed by atoms with Gasteiger partial charge >= 0.3 is 12.1 Å². The van der Waals surface area contributed by atoms with Crippen LogP contribution >= 0.6 is 0 Å². The number of halogens is 3. The Morgan fingerprint density at radius 2 is 1.55 bits per heavy atom. The van der Waals surface area contributed by atoms with E-state index in [4.69, 9.17) is 4.74 Å². The molecule has 0 spiro atoms. The number of carbonyl (C=O) groups excluding carboxylic acids is 3. The lowest BCUT2D eigenvalue weighted by Crippen LogP contribution is -2.24. The summed E-state index contributed by atoms with van der Waals surface area (Å²) in [4.78, 5) is 36.1. The van der Waals surface area contributed by atoms with Crippen molar-refractivity contribution in [1.82, 2.24) is 5.32 Å². The molecule has 9 heteroatoms. The molecular formula is C24H19F3N2O4. The van der Waals surface area contributed by atoms with Crippen LogP contribution in [-0.4, -0.2) is 17.8 Å². The Balaban J connectivity index is 1.67. The summed E-state index contributed by atoms with van der Waals surface area (Å²) in [5.41, 5.74) is 0.518. The number of carbonyl (C=O) groups is 3. The van der Waals surface area contributed by atoms with Crippen LogP contribution in [0.25, 0.3) is 0 Å². The molecule has 0 saturated heterocycles. The first-order valence-corrected chi connectivity index (χ1v) is 9.76. The Labute approximate surface area is 187 Å². The minimum Gasteiger partial charge on any atom is -0.427 e. The van der Waals surface area contributed by atoms with E-state index in [1.165, 1.54) is 13.0 Å². The van der Waals surface area contributed by atoms with Gasteiger partial charge in [0.05, 0.1) is 5.56 Å². The summed E-state index contributed by atoms with van der Waals surface area (Å²) in [7, 11) is 0. The highest BCUT2D eigenvalue weighted by Crippen LogP contribution is 2.29. The van der Waals surface area contributed by atoms with Crippen LogP contribution in [0.1, 0.15) is 38.8 Å². The van der Waals surface area contributed by atoms with Crippen LogP contribution in [0.2, 0.25) is 0 Å². The quantitative estimate of drug-likeness (QED) is 0.412. The van der Waals surface area contributed by atoms with E-state index in [0.29, 0.717) is 11.3 Å². The van der Waals surface area contributed by atoms with Crippen molar-refractivity contribution in [3.8, 4) is 5.75 Å². The Morgan fingerprint density at radius 1 is 0.848 bits per heavy atom. The van der Waals surface area contributed by atoms with Gasteiger partial charge in [0, 0.05) is 30.3 Å². The van der Waals surface area contributed by atoms with Crippen LogP contribution in [0.5, 0.6) is 5.75 Å². The fraction of sp³-hybridized carbons (Fsp3) is 0.125. The van der Waals surface area contributed by atoms with Gasteiger partial charge in [0.1, 0.15) is 5.75 Å². The first-order chi connectivity index (χ1) is 15.6. The fourth-order valence-electron chi connectivity index (χ4n) is 2.95. The molecule has 0 heterocycles. The third kappa shape index (κ3) is 6.42. The summed E-state index contributed by atoms with van der Waals surface area (Å²) >= 11 is 0. The minimum absolute atomic E-state index is 0.0315. The van der Waals surface area contributed by atoms with Gasteiger partial charge in [0.25, 0.3) is 11.8 Å². The van der Waals surface area contributed by atoms with Crippen molar-refractivity contribution < 1.29 is 32.3 Å². The zero-order valence-corrected chi connectivity index (χ0v) is 17.4. The van der Waals surface area contributed by atoms with E-state index in [0.717, 1.165) is 24.3 Å². The number of anilines is 1. The van der Waals surface area contributed by atoms with Gasteiger partial charge in [-0.1, -0.05) is 24.3 Å². The summed E-state index contributed by atoms with van der Waals surface area (Å²) < 4.78 is 43.0. The highest BCUT2D eigenvalue weighted by atomic mass is 19.4. The number of benzene rings is 3. The van der Waals surface area contributed by atoms with Gasteiger partial charge in [0.2, 0.25) is 0 Å². The molecule has 0 unspecified atom stereocenters. The van der Waals surface area contributed by atoms with Gasteiger partial charge in [-0.15, -0.1) is 0 Å². The number of ether oxygens (including phenoxy) is 1. The maximum absolute atomic E-state index is 12.7. The van der Waals surface area contributed by atoms with E-state index in [-0.39, 0.29) is 23.4 Å². The molecule has 170 valence electrons. The second kappa shape index (κ2) is 9.99. The third-order valence-corrected chi connectivity index (χ3v) is 4.54. The lowest BCUT2D eigenvalue weighted by Gasteiger charge is -2.13. The molecule has 0 aromatic heterocycles. The normalized spacial score (nSPS) is 10.9. The molecule has 0 fully saturated rings. The Bertz CT molecular complexity index is 1170. The number of nitrogens with one attached hydrogen (secondary N) is 2. The maximum Gasteiger partial charge on any atom is 0.416 e. The predicted molar refractivity (Wildman–Crippen MR) is 115 cm³/mol. The molecular weight excluding hydrogens is 437 g/mol. The van der Waals surface area contributed by atoms with Crippen molar-refractivity contribution in [3.63, 3.8) is 0 Å². The average Bonchev–Trinajstić information content (AvgIpc) is 2.77. The van der Waals surface area contributed by atoms with E-state index in [9.17, 15) is 27.6 Å². The van der Waals surface area contributed by atoms with E-state index in [2.05, 4.69) is 10.6 Å². The topological polar surface area (TPSA) is 84.5 Å². The summed E-state index contributed by atoms with van der Waals surface area (Å²) in [5, 5.41) is 5.37. The monoisotopic (exact) mass is 456 g/mol. The Morgan fingerprint density at radius 3 is 2.21 bits per heavy atom. The van der Waals surface area contributed by atoms with Crippen LogP contribution in [-0.2, 0) is 17.5 Å². The highest BCUT2D eigenvalue weighted by molar-refractivity contribution is 6.05. The molecule has 6 nitrogen and oxygen atoms in total. The molecule has 3 aromatic rings. The third-order valence-electron chi connectivity index (χ3n) is 4.54. The summed E-state index contributed by atoms with van der Waals surface area (Å²) in [5.74, 6) is -1.29. The number of para-hydroxylation sites is 1. The summed E-state index contributed by atoms with van der Waals surface area (Å²) in [6.45, 7) is 1.28. The SMILES string of the molecule is CC(=O)Oc1cccc(C(=O)Nc2ccccc2CNC(=O)c2ccc(C(F)(F)F)cc2)c1. The van der Waals surface area contributed by atoms with Gasteiger partial charge in [-0.3, -0.25) is 14.4 Å². The highest BCUT2D eigenvalue weighted by Gasteiger charge is 2.30. The molecule has 2 amide bonds. The molecule has 0 bridgehead atoms. The minimum atomic E-state index is -4.48. The molecule has 0 radical (unpaired) electrons. The second-order valence-corrected chi connectivity index (χ2v) is 6.99. The first-order valence-electron chi connectivity index (χ1n) is 9.76. The maximum atomic E-state index is 12.7. The number of alkyl halides is 3.